The number of hydrogen-bond donors (Lipinski definition) is 2. The van der Waals surface area contributed by atoms with Crippen molar-refractivity contribution in [1.29, 1.82) is 0 Å². The molecule has 1 aromatic carbocycles. The zero-order chi connectivity index (χ0) is 19.3. The van der Waals surface area contributed by atoms with Gasteiger partial charge in [0.25, 0.3) is 0 Å². The highest BCUT2D eigenvalue weighted by Crippen LogP contribution is 2.08. The number of carbonyl (C=O) groups is 2. The molecule has 0 saturated carbocycles. The van der Waals surface area contributed by atoms with Crippen LogP contribution in [0.4, 0.5) is 9.59 Å². The largest absolute Gasteiger partial charge is 0.444 e. The highest BCUT2D eigenvalue weighted by Gasteiger charge is 2.15. The summed E-state index contributed by atoms with van der Waals surface area (Å²) >= 11 is 0. The van der Waals surface area contributed by atoms with Gasteiger partial charge in [0.2, 0.25) is 0 Å². The van der Waals surface area contributed by atoms with E-state index in [4.69, 9.17) is 18.9 Å². The Kier molecular flexibility index (Phi) is 10.1. The van der Waals surface area contributed by atoms with Gasteiger partial charge in [0.15, 0.2) is 0 Å². The van der Waals surface area contributed by atoms with Gasteiger partial charge in [0.1, 0.15) is 11.4 Å². The van der Waals surface area contributed by atoms with E-state index in [9.17, 15) is 9.59 Å². The molecule has 0 radical (unpaired) electrons. The fourth-order valence-electron chi connectivity index (χ4n) is 1.72. The maximum Gasteiger partial charge on any atom is 0.412 e. The lowest BCUT2D eigenvalue weighted by atomic mass is 10.2. The molecule has 0 unspecified atom stereocenters. The predicted molar refractivity (Wildman–Crippen MR) is 96.3 cm³/mol. The molecule has 0 aromatic heterocycles. The van der Waals surface area contributed by atoms with Gasteiger partial charge in [-0.15, -0.1) is 0 Å². The zero-order valence-corrected chi connectivity index (χ0v) is 15.6. The van der Waals surface area contributed by atoms with Crippen molar-refractivity contribution in [1.82, 2.24) is 10.6 Å². The lowest BCUT2D eigenvalue weighted by Gasteiger charge is -2.19. The van der Waals surface area contributed by atoms with E-state index in [0.29, 0.717) is 45.3 Å². The molecule has 0 atom stereocenters. The quantitative estimate of drug-likeness (QED) is 0.616. The van der Waals surface area contributed by atoms with Crippen LogP contribution in [0, 0.1) is 0 Å². The van der Waals surface area contributed by atoms with Crippen molar-refractivity contribution in [2.75, 3.05) is 39.5 Å². The number of amides is 2. The molecule has 146 valence electrons. The van der Waals surface area contributed by atoms with Crippen LogP contribution in [0.1, 0.15) is 20.8 Å². The summed E-state index contributed by atoms with van der Waals surface area (Å²) in [7, 11) is 0. The van der Waals surface area contributed by atoms with Crippen molar-refractivity contribution >= 4 is 12.2 Å². The standard InChI is InChI=1S/C18H28N2O6/c1-18(2,3)26-17(22)20-10-12-24-14-13-23-11-9-19-16(21)25-15-7-5-4-6-8-15/h4-8H,9-14H2,1-3H3,(H,19,21)(H,20,22). The van der Waals surface area contributed by atoms with Crippen molar-refractivity contribution in [3.8, 4) is 5.75 Å². The third kappa shape index (κ3) is 12.1. The molecule has 26 heavy (non-hydrogen) atoms. The Morgan fingerprint density at radius 2 is 1.38 bits per heavy atom. The molecule has 8 nitrogen and oxygen atoms in total. The van der Waals surface area contributed by atoms with Gasteiger partial charge >= 0.3 is 12.2 Å². The van der Waals surface area contributed by atoms with Gasteiger partial charge < -0.3 is 29.6 Å². The summed E-state index contributed by atoms with van der Waals surface area (Å²) in [5.74, 6) is 0.485. The minimum atomic E-state index is -0.524. The van der Waals surface area contributed by atoms with Crippen molar-refractivity contribution < 1.29 is 28.5 Å². The second-order valence-corrected chi connectivity index (χ2v) is 6.28. The zero-order valence-electron chi connectivity index (χ0n) is 15.6. The average Bonchev–Trinajstić information content (AvgIpc) is 2.56. The van der Waals surface area contributed by atoms with Gasteiger partial charge in [-0.1, -0.05) is 18.2 Å². The van der Waals surface area contributed by atoms with Gasteiger partial charge in [0, 0.05) is 13.1 Å². The number of ether oxygens (including phenoxy) is 4. The Balaban J connectivity index is 1.89. The first-order chi connectivity index (χ1) is 12.4. The molecule has 2 N–H and O–H groups in total. The second-order valence-electron chi connectivity index (χ2n) is 6.28. The van der Waals surface area contributed by atoms with Crippen molar-refractivity contribution in [2.45, 2.75) is 26.4 Å². The summed E-state index contributed by atoms with van der Waals surface area (Å²) < 4.78 is 20.8. The molecule has 0 bridgehead atoms. The molecular weight excluding hydrogens is 340 g/mol. The van der Waals surface area contributed by atoms with E-state index in [-0.39, 0.29) is 0 Å². The summed E-state index contributed by atoms with van der Waals surface area (Å²) in [5, 5.41) is 5.18. The van der Waals surface area contributed by atoms with Crippen LogP contribution in [0.5, 0.6) is 5.75 Å². The molecule has 0 aliphatic rings. The van der Waals surface area contributed by atoms with E-state index in [1.54, 1.807) is 45.0 Å². The number of alkyl carbamates (subject to hydrolysis) is 1. The smallest absolute Gasteiger partial charge is 0.412 e. The van der Waals surface area contributed by atoms with Gasteiger partial charge in [-0.05, 0) is 32.9 Å². The van der Waals surface area contributed by atoms with Crippen LogP contribution in [0.3, 0.4) is 0 Å². The molecule has 2 amide bonds. The lowest BCUT2D eigenvalue weighted by Crippen LogP contribution is -2.34. The Morgan fingerprint density at radius 1 is 0.846 bits per heavy atom. The third-order valence-corrected chi connectivity index (χ3v) is 2.76. The minimum Gasteiger partial charge on any atom is -0.444 e. The van der Waals surface area contributed by atoms with E-state index in [2.05, 4.69) is 10.6 Å². The molecule has 0 fully saturated rings. The van der Waals surface area contributed by atoms with E-state index in [1.807, 2.05) is 6.07 Å². The Labute approximate surface area is 154 Å². The summed E-state index contributed by atoms with van der Waals surface area (Å²) in [6.07, 6.45) is -0.991. The summed E-state index contributed by atoms with van der Waals surface area (Å²) in [6, 6.07) is 8.81. The molecule has 0 aliphatic heterocycles. The van der Waals surface area contributed by atoms with Crippen LogP contribution in [0.25, 0.3) is 0 Å². The third-order valence-electron chi connectivity index (χ3n) is 2.76. The van der Waals surface area contributed by atoms with Crippen LogP contribution in [-0.4, -0.2) is 57.3 Å². The van der Waals surface area contributed by atoms with E-state index < -0.39 is 17.8 Å². The fourth-order valence-corrected chi connectivity index (χ4v) is 1.72. The minimum absolute atomic E-state index is 0.339. The molecule has 0 heterocycles. The highest BCUT2D eigenvalue weighted by molar-refractivity contribution is 5.70. The average molecular weight is 368 g/mol. The number of nitrogens with one attached hydrogen (secondary N) is 2. The Bertz CT molecular complexity index is 530. The van der Waals surface area contributed by atoms with E-state index in [0.717, 1.165) is 0 Å². The summed E-state index contributed by atoms with van der Waals surface area (Å²) in [6.45, 7) is 7.61. The number of hydrogen-bond acceptors (Lipinski definition) is 6. The first kappa shape index (κ1) is 21.7. The highest BCUT2D eigenvalue weighted by atomic mass is 16.6. The number of benzene rings is 1. The van der Waals surface area contributed by atoms with Gasteiger partial charge in [-0.2, -0.15) is 0 Å². The first-order valence-electron chi connectivity index (χ1n) is 8.50. The van der Waals surface area contributed by atoms with Crippen LogP contribution >= 0.6 is 0 Å². The molecule has 8 heteroatoms. The van der Waals surface area contributed by atoms with Gasteiger partial charge in [-0.25, -0.2) is 9.59 Å². The fraction of sp³-hybridized carbons (Fsp3) is 0.556. The molecule has 0 aliphatic carbocycles. The van der Waals surface area contributed by atoms with Gasteiger partial charge in [-0.3, -0.25) is 0 Å². The number of rotatable bonds is 10. The van der Waals surface area contributed by atoms with E-state index >= 15 is 0 Å². The molecule has 0 saturated heterocycles. The Hall–Kier alpha value is -2.32. The van der Waals surface area contributed by atoms with Crippen LogP contribution < -0.4 is 15.4 Å². The first-order valence-corrected chi connectivity index (χ1v) is 8.50. The van der Waals surface area contributed by atoms with E-state index in [1.165, 1.54) is 0 Å². The maximum atomic E-state index is 11.5. The van der Waals surface area contributed by atoms with Gasteiger partial charge in [0.05, 0.1) is 26.4 Å². The molecule has 1 rings (SSSR count). The van der Waals surface area contributed by atoms with Crippen molar-refractivity contribution in [3.05, 3.63) is 30.3 Å². The number of para-hydroxylation sites is 1. The van der Waals surface area contributed by atoms with Crippen molar-refractivity contribution in [3.63, 3.8) is 0 Å². The molecule has 0 spiro atoms. The van der Waals surface area contributed by atoms with Crippen LogP contribution in [0.2, 0.25) is 0 Å². The van der Waals surface area contributed by atoms with Crippen LogP contribution in [0.15, 0.2) is 30.3 Å². The van der Waals surface area contributed by atoms with Crippen LogP contribution in [-0.2, 0) is 14.2 Å². The topological polar surface area (TPSA) is 95.1 Å². The monoisotopic (exact) mass is 368 g/mol. The SMILES string of the molecule is CC(C)(C)OC(=O)NCCOCCOCCNC(=O)Oc1ccccc1. The molecular formula is C18H28N2O6. The summed E-state index contributed by atoms with van der Waals surface area (Å²) in [4.78, 5) is 22.9. The summed E-state index contributed by atoms with van der Waals surface area (Å²) in [5.41, 5.74) is -0.514. The lowest BCUT2D eigenvalue weighted by molar-refractivity contribution is 0.0403. The maximum absolute atomic E-state index is 11.5. The predicted octanol–water partition coefficient (Wildman–Crippen LogP) is 2.33. The second kappa shape index (κ2) is 12.1. The normalized spacial score (nSPS) is 10.9. The number of carbonyl (C=O) groups excluding carboxylic acids is 2. The van der Waals surface area contributed by atoms with Crippen molar-refractivity contribution in [2.24, 2.45) is 0 Å². The molecule has 1 aromatic rings. The Morgan fingerprint density at radius 3 is 1.92 bits per heavy atom.